The number of piperidine rings is 1. The van der Waals surface area contributed by atoms with Crippen molar-refractivity contribution in [3.63, 3.8) is 0 Å². The van der Waals surface area contributed by atoms with E-state index < -0.39 is 0 Å². The monoisotopic (exact) mass is 314 g/mol. The highest BCUT2D eigenvalue weighted by molar-refractivity contribution is 9.09. The highest BCUT2D eigenvalue weighted by Crippen LogP contribution is 2.39. The maximum Gasteiger partial charge on any atom is 0.266 e. The molecule has 3 nitrogen and oxygen atoms in total. The Morgan fingerprint density at radius 1 is 1.47 bits per heavy atom. The van der Waals surface area contributed by atoms with Gasteiger partial charge < -0.3 is 4.90 Å². The summed E-state index contributed by atoms with van der Waals surface area (Å²) in [5.74, 6) is 0.197. The fraction of sp³-hybridized carbons (Fsp3) is 0.667. The Labute approximate surface area is 113 Å². The lowest BCUT2D eigenvalue weighted by atomic mass is 10.0. The molecular formula is C12H15BrN2OS. The third kappa shape index (κ3) is 2.03. The van der Waals surface area contributed by atoms with Gasteiger partial charge in [-0.2, -0.15) is 0 Å². The number of aryl methyl sites for hydroxylation is 1. The second-order valence-electron chi connectivity index (χ2n) is 4.91. The highest BCUT2D eigenvalue weighted by Gasteiger charge is 2.43. The van der Waals surface area contributed by atoms with Gasteiger partial charge in [0.05, 0.1) is 11.2 Å². The predicted octanol–water partition coefficient (Wildman–Crippen LogP) is 2.98. The summed E-state index contributed by atoms with van der Waals surface area (Å²) in [6.07, 6.45) is 6.24. The van der Waals surface area contributed by atoms with Crippen LogP contribution < -0.4 is 0 Å². The van der Waals surface area contributed by atoms with Crippen LogP contribution >= 0.6 is 27.3 Å². The quantitative estimate of drug-likeness (QED) is 0.747. The van der Waals surface area contributed by atoms with Gasteiger partial charge in [0.15, 0.2) is 0 Å². The first-order valence-corrected chi connectivity index (χ1v) is 7.77. The van der Waals surface area contributed by atoms with Crippen LogP contribution in [0.2, 0.25) is 0 Å². The predicted molar refractivity (Wildman–Crippen MR) is 71.8 cm³/mol. The van der Waals surface area contributed by atoms with Gasteiger partial charge in [0, 0.05) is 16.9 Å². The van der Waals surface area contributed by atoms with E-state index in [1.807, 2.05) is 6.92 Å². The lowest BCUT2D eigenvalue weighted by Crippen LogP contribution is -2.46. The average molecular weight is 315 g/mol. The molecule has 5 heteroatoms. The summed E-state index contributed by atoms with van der Waals surface area (Å²) in [7, 11) is 0. The molecular weight excluding hydrogens is 300 g/mol. The normalized spacial score (nSPS) is 31.9. The van der Waals surface area contributed by atoms with Crippen molar-refractivity contribution in [1.82, 2.24) is 9.88 Å². The van der Waals surface area contributed by atoms with Crippen molar-refractivity contribution >= 4 is 33.2 Å². The lowest BCUT2D eigenvalue weighted by Gasteiger charge is -2.36. The summed E-state index contributed by atoms with van der Waals surface area (Å²) in [4.78, 5) is 20.1. The molecule has 92 valence electrons. The summed E-state index contributed by atoms with van der Waals surface area (Å²) in [5, 5.41) is 0.969. The summed E-state index contributed by atoms with van der Waals surface area (Å²) in [5.41, 5.74) is 0. The molecule has 2 fully saturated rings. The second kappa shape index (κ2) is 4.35. The number of fused-ring (bicyclic) bond motifs is 2. The van der Waals surface area contributed by atoms with Crippen LogP contribution in [0.1, 0.15) is 40.4 Å². The molecule has 2 unspecified atom stereocenters. The van der Waals surface area contributed by atoms with E-state index >= 15 is 0 Å². The number of carbonyl (C=O) groups is 1. The first kappa shape index (κ1) is 11.7. The summed E-state index contributed by atoms with van der Waals surface area (Å²) >= 11 is 5.21. The maximum absolute atomic E-state index is 12.5. The van der Waals surface area contributed by atoms with Crippen LogP contribution in [0.25, 0.3) is 0 Å². The number of rotatable bonds is 1. The molecule has 0 aromatic carbocycles. The molecule has 0 spiro atoms. The smallest absolute Gasteiger partial charge is 0.266 e. The summed E-state index contributed by atoms with van der Waals surface area (Å²) in [6, 6.07) is 0.876. The van der Waals surface area contributed by atoms with Crippen LogP contribution in [-0.2, 0) is 0 Å². The Hall–Kier alpha value is -0.420. The molecule has 0 saturated carbocycles. The van der Waals surface area contributed by atoms with Gasteiger partial charge in [0.1, 0.15) is 4.88 Å². The van der Waals surface area contributed by atoms with Gasteiger partial charge in [-0.05, 0) is 32.6 Å². The van der Waals surface area contributed by atoms with Crippen LogP contribution in [0.4, 0.5) is 0 Å². The molecule has 1 amide bonds. The first-order chi connectivity index (χ1) is 8.15. The van der Waals surface area contributed by atoms with Crippen LogP contribution in [0, 0.1) is 6.92 Å². The van der Waals surface area contributed by atoms with Gasteiger partial charge in [0.2, 0.25) is 0 Å². The molecule has 2 aliphatic heterocycles. The number of nitrogens with zero attached hydrogens (tertiary/aromatic N) is 2. The molecule has 1 aromatic heterocycles. The van der Waals surface area contributed by atoms with Crippen molar-refractivity contribution in [2.75, 3.05) is 0 Å². The maximum atomic E-state index is 12.5. The number of aromatic nitrogens is 1. The van der Waals surface area contributed by atoms with Crippen molar-refractivity contribution in [2.45, 2.75) is 49.5 Å². The van der Waals surface area contributed by atoms with Gasteiger partial charge >= 0.3 is 0 Å². The number of alkyl halides is 1. The molecule has 3 rings (SSSR count). The fourth-order valence-corrected chi connectivity index (χ4v) is 4.61. The minimum atomic E-state index is 0.197. The Balaban J connectivity index is 1.83. The van der Waals surface area contributed by atoms with Gasteiger partial charge in [-0.3, -0.25) is 4.79 Å². The van der Waals surface area contributed by atoms with Gasteiger partial charge in [-0.25, -0.2) is 4.98 Å². The third-order valence-electron chi connectivity index (χ3n) is 3.74. The van der Waals surface area contributed by atoms with E-state index in [0.717, 1.165) is 35.6 Å². The van der Waals surface area contributed by atoms with Crippen molar-refractivity contribution in [2.24, 2.45) is 0 Å². The third-order valence-corrected chi connectivity index (χ3v) is 5.39. The SMILES string of the molecule is Cc1ncc(C(=O)N2C3CCC2CC(Br)C3)s1. The van der Waals surface area contributed by atoms with Gasteiger partial charge in [-0.15, -0.1) is 11.3 Å². The van der Waals surface area contributed by atoms with Crippen LogP contribution in [0.3, 0.4) is 0 Å². The molecule has 0 aliphatic carbocycles. The number of amides is 1. The Kier molecular flexibility index (Phi) is 2.99. The second-order valence-corrected chi connectivity index (χ2v) is 7.44. The standard InChI is InChI=1S/C12H15BrN2OS/c1-7-14-6-11(17-7)12(16)15-9-2-3-10(15)5-8(13)4-9/h6,8-10H,2-5H2,1H3. The minimum Gasteiger partial charge on any atom is -0.332 e. The summed E-state index contributed by atoms with van der Waals surface area (Å²) in [6.45, 7) is 1.95. The number of carbonyl (C=O) groups excluding carboxylic acids is 1. The molecule has 2 atom stereocenters. The first-order valence-electron chi connectivity index (χ1n) is 6.04. The summed E-state index contributed by atoms with van der Waals surface area (Å²) < 4.78 is 0. The van der Waals surface area contributed by atoms with Crippen molar-refractivity contribution < 1.29 is 4.79 Å². The lowest BCUT2D eigenvalue weighted by molar-refractivity contribution is 0.0608. The van der Waals surface area contributed by atoms with Crippen molar-refractivity contribution in [3.8, 4) is 0 Å². The molecule has 2 saturated heterocycles. The number of hydrogen-bond acceptors (Lipinski definition) is 3. The number of halogens is 1. The van der Waals surface area contributed by atoms with E-state index in [2.05, 4.69) is 25.8 Å². The van der Waals surface area contributed by atoms with E-state index in [0.29, 0.717) is 16.9 Å². The van der Waals surface area contributed by atoms with Crippen molar-refractivity contribution in [3.05, 3.63) is 16.1 Å². The van der Waals surface area contributed by atoms with Crippen LogP contribution in [-0.4, -0.2) is 32.7 Å². The molecule has 0 radical (unpaired) electrons. The topological polar surface area (TPSA) is 33.2 Å². The zero-order chi connectivity index (χ0) is 12.0. The van der Waals surface area contributed by atoms with Crippen LogP contribution in [0.15, 0.2) is 6.20 Å². The van der Waals surface area contributed by atoms with Gasteiger partial charge in [-0.1, -0.05) is 15.9 Å². The average Bonchev–Trinajstić information content (AvgIpc) is 2.81. The molecule has 1 aromatic rings. The Morgan fingerprint density at radius 2 is 2.12 bits per heavy atom. The zero-order valence-electron chi connectivity index (χ0n) is 9.73. The molecule has 17 heavy (non-hydrogen) atoms. The molecule has 2 aliphatic rings. The Morgan fingerprint density at radius 3 is 2.65 bits per heavy atom. The van der Waals surface area contributed by atoms with E-state index in [9.17, 15) is 4.79 Å². The van der Waals surface area contributed by atoms with E-state index in [-0.39, 0.29) is 5.91 Å². The molecule has 3 heterocycles. The largest absolute Gasteiger partial charge is 0.332 e. The zero-order valence-corrected chi connectivity index (χ0v) is 12.1. The van der Waals surface area contributed by atoms with E-state index in [1.54, 1.807) is 6.20 Å². The van der Waals surface area contributed by atoms with Crippen LogP contribution in [0.5, 0.6) is 0 Å². The van der Waals surface area contributed by atoms with E-state index in [4.69, 9.17) is 0 Å². The number of hydrogen-bond donors (Lipinski definition) is 0. The van der Waals surface area contributed by atoms with E-state index in [1.165, 1.54) is 11.3 Å². The van der Waals surface area contributed by atoms with Gasteiger partial charge in [0.25, 0.3) is 5.91 Å². The number of thiazole rings is 1. The molecule has 2 bridgehead atoms. The molecule has 0 N–H and O–H groups in total. The highest BCUT2D eigenvalue weighted by atomic mass is 79.9. The fourth-order valence-electron chi connectivity index (χ4n) is 3.03. The minimum absolute atomic E-state index is 0.197. The van der Waals surface area contributed by atoms with Crippen molar-refractivity contribution in [1.29, 1.82) is 0 Å². The Bertz CT molecular complexity index is 433.